The zero-order valence-corrected chi connectivity index (χ0v) is 12.0. The van der Waals surface area contributed by atoms with Crippen LogP contribution in [-0.4, -0.2) is 50.4 Å². The summed E-state index contributed by atoms with van der Waals surface area (Å²) in [5, 5.41) is -2.84. The number of halogens is 13. The van der Waals surface area contributed by atoms with Gasteiger partial charge in [0.05, 0.1) is 0 Å². The molecule has 0 aromatic carbocycles. The van der Waals surface area contributed by atoms with Gasteiger partial charge in [0.25, 0.3) is 0 Å². The van der Waals surface area contributed by atoms with Gasteiger partial charge in [-0.25, -0.2) is 14.3 Å². The van der Waals surface area contributed by atoms with Crippen LogP contribution in [0.3, 0.4) is 0 Å². The zero-order valence-electron chi connectivity index (χ0n) is 11.2. The van der Waals surface area contributed by atoms with Crippen LogP contribution in [0.1, 0.15) is 0 Å². The molecule has 7 nitrogen and oxygen atoms in total. The Bertz CT molecular complexity index is 676. The summed E-state index contributed by atoms with van der Waals surface area (Å²) < 4.78 is 190. The van der Waals surface area contributed by atoms with E-state index >= 15 is 0 Å². The molecule has 0 radical (unpaired) electrons. The number of ether oxygens (including phenoxy) is 2. The topological polar surface area (TPSA) is 74.3 Å². The summed E-state index contributed by atoms with van der Waals surface area (Å²) in [4.78, 5) is 2.42. The molecule has 1 rings (SSSR count). The Morgan fingerprint density at radius 1 is 0.852 bits per heavy atom. The molecule has 2 atom stereocenters. The maximum absolute atomic E-state index is 14.0. The Morgan fingerprint density at radius 2 is 1.30 bits per heavy atom. The fourth-order valence-corrected chi connectivity index (χ4v) is 1.71. The lowest BCUT2D eigenvalue weighted by atomic mass is 10.3. The molecule has 0 aliphatic carbocycles. The van der Waals surface area contributed by atoms with E-state index < -0.39 is 52.5 Å². The molecule has 1 fully saturated rings. The van der Waals surface area contributed by atoms with Crippen LogP contribution in [0.4, 0.5) is 56.6 Å². The quantitative estimate of drug-likeness (QED) is 0.342. The number of nitrogens with zero attached hydrogens (tertiary/aromatic N) is 1. The van der Waals surface area contributed by atoms with E-state index in [1.807, 2.05) is 13.7 Å². The van der Waals surface area contributed by atoms with Crippen LogP contribution in [0.5, 0.6) is 0 Å². The summed E-state index contributed by atoms with van der Waals surface area (Å²) in [5.74, 6) is -13.1. The summed E-state index contributed by atoms with van der Waals surface area (Å²) >= 11 is 0. The number of hydroxylamine groups is 2. The van der Waals surface area contributed by atoms with Crippen molar-refractivity contribution in [2.45, 2.75) is 36.9 Å². The minimum absolute atomic E-state index is 1.85. The van der Waals surface area contributed by atoms with Crippen LogP contribution in [-0.2, 0) is 29.0 Å². The van der Waals surface area contributed by atoms with Gasteiger partial charge in [-0.15, -0.1) is 26.3 Å². The molecule has 0 aromatic heterocycles. The highest BCUT2D eigenvalue weighted by molar-refractivity contribution is 7.81. The van der Waals surface area contributed by atoms with Crippen LogP contribution >= 0.6 is 0 Å². The number of hydrogen-bond acceptors (Lipinski definition) is 7. The van der Waals surface area contributed by atoms with Gasteiger partial charge in [0.15, 0.2) is 0 Å². The number of alkyl halides is 12. The molecule has 1 heterocycles. The molecule has 2 unspecified atom stereocenters. The Kier molecular flexibility index (Phi) is 5.46. The van der Waals surface area contributed by atoms with Crippen molar-refractivity contribution in [3.63, 3.8) is 0 Å². The highest BCUT2D eigenvalue weighted by atomic mass is 32.3. The van der Waals surface area contributed by atoms with E-state index in [9.17, 15) is 65.0 Å². The van der Waals surface area contributed by atoms with Crippen LogP contribution < -0.4 is 0 Å². The first kappa shape index (κ1) is 23.9. The third-order valence-electron chi connectivity index (χ3n) is 2.15. The Morgan fingerprint density at radius 3 is 1.59 bits per heavy atom. The van der Waals surface area contributed by atoms with Gasteiger partial charge in [0.2, 0.25) is 0 Å². The van der Waals surface area contributed by atoms with Crippen molar-refractivity contribution in [2.75, 3.05) is 0 Å². The Balaban J connectivity index is 3.52. The van der Waals surface area contributed by atoms with E-state index in [1.54, 1.807) is 0 Å². The summed E-state index contributed by atoms with van der Waals surface area (Å²) in [6.07, 6.45) is -26.4. The molecule has 21 heteroatoms. The molecule has 162 valence electrons. The standard InChI is InChI=1S/C6F13NO6S/c7-1(8)3(11,23-5(13,14)15)20(25-1)4(12,24-6(16,17)18)2(9,10)26-27(19,21)22. The summed E-state index contributed by atoms with van der Waals surface area (Å²) in [6.45, 7) is 0. The average Bonchev–Trinajstić information content (AvgIpc) is 2.28. The molecule has 27 heavy (non-hydrogen) atoms. The van der Waals surface area contributed by atoms with E-state index in [0.29, 0.717) is 0 Å². The minimum Gasteiger partial charge on any atom is -0.231 e. The van der Waals surface area contributed by atoms with Crippen LogP contribution in [0.25, 0.3) is 0 Å². The van der Waals surface area contributed by atoms with Gasteiger partial charge in [0, 0.05) is 0 Å². The van der Waals surface area contributed by atoms with Crippen molar-refractivity contribution in [3.05, 3.63) is 0 Å². The molecule has 1 saturated heterocycles. The molecule has 0 saturated carbocycles. The monoisotopic (exact) mass is 461 g/mol. The van der Waals surface area contributed by atoms with Crippen molar-refractivity contribution < 1.29 is 83.5 Å². The van der Waals surface area contributed by atoms with Crippen LogP contribution in [0.15, 0.2) is 0 Å². The van der Waals surface area contributed by atoms with E-state index in [-0.39, 0.29) is 0 Å². The lowest BCUT2D eigenvalue weighted by Crippen LogP contribution is -2.82. The SMILES string of the molecule is O=S(=O)(F)OC(F)(F)C(F)(OC(F)(F)F)N1OC(F)(F)C1(F)OC(F)(F)F. The van der Waals surface area contributed by atoms with Gasteiger partial charge in [-0.3, -0.25) is 0 Å². The third kappa shape index (κ3) is 4.82. The van der Waals surface area contributed by atoms with Crippen LogP contribution in [0.2, 0.25) is 0 Å². The predicted molar refractivity (Wildman–Crippen MR) is 45.9 cm³/mol. The van der Waals surface area contributed by atoms with E-state index in [1.165, 1.54) is 0 Å². The van der Waals surface area contributed by atoms with Crippen molar-refractivity contribution in [3.8, 4) is 0 Å². The number of hydrogen-bond donors (Lipinski definition) is 0. The maximum atomic E-state index is 14.0. The van der Waals surface area contributed by atoms with Gasteiger partial charge < -0.3 is 0 Å². The van der Waals surface area contributed by atoms with Gasteiger partial charge in [-0.1, -0.05) is 3.89 Å². The second-order valence-corrected chi connectivity index (χ2v) is 5.07. The number of rotatable bonds is 6. The molecular weight excluding hydrogens is 461 g/mol. The lowest BCUT2D eigenvalue weighted by molar-refractivity contribution is -0.705. The zero-order chi connectivity index (χ0) is 21.9. The highest BCUT2D eigenvalue weighted by Gasteiger charge is 2.88. The lowest BCUT2D eigenvalue weighted by Gasteiger charge is -2.53. The minimum atomic E-state index is -7.13. The highest BCUT2D eigenvalue weighted by Crippen LogP contribution is 2.58. The summed E-state index contributed by atoms with van der Waals surface area (Å²) in [6, 6.07) is 0. The molecular formula is C6F13NO6S. The average molecular weight is 461 g/mol. The first-order valence-corrected chi connectivity index (χ1v) is 6.59. The summed E-state index contributed by atoms with van der Waals surface area (Å²) in [7, 11) is -7.13. The van der Waals surface area contributed by atoms with Crippen molar-refractivity contribution in [1.29, 1.82) is 0 Å². The molecule has 0 spiro atoms. The largest absolute Gasteiger partial charge is 0.526 e. The van der Waals surface area contributed by atoms with Crippen LogP contribution in [0, 0.1) is 0 Å². The molecule has 1 aliphatic heterocycles. The smallest absolute Gasteiger partial charge is 0.231 e. The van der Waals surface area contributed by atoms with Gasteiger partial charge in [0.1, 0.15) is 0 Å². The molecule has 1 aliphatic rings. The predicted octanol–water partition coefficient (Wildman–Crippen LogP) is 2.97. The Hall–Kier alpha value is -1.16. The first-order chi connectivity index (χ1) is 11.5. The second-order valence-electron chi connectivity index (χ2n) is 4.11. The molecule has 0 amide bonds. The van der Waals surface area contributed by atoms with Gasteiger partial charge >= 0.3 is 47.4 Å². The van der Waals surface area contributed by atoms with E-state index in [2.05, 4.69) is 4.84 Å². The van der Waals surface area contributed by atoms with Gasteiger partial charge in [-0.2, -0.15) is 38.9 Å². The fraction of sp³-hybridized carbons (Fsp3) is 1.00. The van der Waals surface area contributed by atoms with E-state index in [0.717, 1.165) is 0 Å². The van der Waals surface area contributed by atoms with Crippen molar-refractivity contribution in [2.24, 2.45) is 0 Å². The molecule has 0 bridgehead atoms. The van der Waals surface area contributed by atoms with Crippen molar-refractivity contribution >= 4 is 10.5 Å². The molecule has 0 N–H and O–H groups in total. The first-order valence-electron chi connectivity index (χ1n) is 5.28. The normalized spacial score (nSPS) is 27.1. The van der Waals surface area contributed by atoms with E-state index in [4.69, 9.17) is 0 Å². The maximum Gasteiger partial charge on any atom is 0.526 e. The van der Waals surface area contributed by atoms with Crippen molar-refractivity contribution in [1.82, 2.24) is 5.06 Å². The Labute approximate surface area is 137 Å². The fourth-order valence-electron chi connectivity index (χ4n) is 1.36. The molecule has 0 aromatic rings. The summed E-state index contributed by atoms with van der Waals surface area (Å²) in [5.41, 5.74) is 0. The second kappa shape index (κ2) is 6.17. The third-order valence-corrected chi connectivity index (χ3v) is 2.56. The van der Waals surface area contributed by atoms with Gasteiger partial charge in [-0.05, 0) is 5.06 Å².